The van der Waals surface area contributed by atoms with Gasteiger partial charge < -0.3 is 20.2 Å². The van der Waals surface area contributed by atoms with Crippen molar-refractivity contribution in [3.63, 3.8) is 0 Å². The maximum Gasteiger partial charge on any atom is 0.409 e. The fraction of sp³-hybridized carbons (Fsp3) is 0.256. The predicted molar refractivity (Wildman–Crippen MR) is 238 cm³/mol. The van der Waals surface area contributed by atoms with Crippen LogP contribution in [0.4, 0.5) is 27.5 Å². The van der Waals surface area contributed by atoms with Crippen molar-refractivity contribution in [3.05, 3.63) is 142 Å². The van der Waals surface area contributed by atoms with Gasteiger partial charge >= 0.3 is 6.09 Å². The van der Waals surface area contributed by atoms with Gasteiger partial charge in [0.2, 0.25) is 0 Å². The molecule has 1 heterocycles. The maximum absolute atomic E-state index is 13.4. The Labute approximate surface area is 358 Å². The van der Waals surface area contributed by atoms with Gasteiger partial charge in [-0.1, -0.05) is 48.0 Å². The van der Waals surface area contributed by atoms with E-state index in [-0.39, 0.29) is 17.3 Å². The van der Waals surface area contributed by atoms with Crippen molar-refractivity contribution >= 4 is 68.1 Å². The van der Waals surface area contributed by atoms with Gasteiger partial charge in [0.15, 0.2) is 0 Å². The number of benzene rings is 5. The third-order valence-corrected chi connectivity index (χ3v) is 12.7. The molecule has 1 atom stereocenters. The Morgan fingerprint density at radius 3 is 2.27 bits per heavy atom. The summed E-state index contributed by atoms with van der Waals surface area (Å²) in [6, 6.07) is 32.8. The highest BCUT2D eigenvalue weighted by Crippen LogP contribution is 2.32. The molecule has 0 aromatic heterocycles. The molecule has 14 nitrogen and oxygen atoms in total. The molecule has 0 spiro atoms. The lowest BCUT2D eigenvalue weighted by Gasteiger charge is -2.36. The van der Waals surface area contributed by atoms with Crippen molar-refractivity contribution in [2.45, 2.75) is 28.8 Å². The fourth-order valence-electron chi connectivity index (χ4n) is 6.80. The molecule has 17 heteroatoms. The minimum absolute atomic E-state index is 0.109. The molecular weight excluding hydrogens is 826 g/mol. The van der Waals surface area contributed by atoms with Crippen LogP contribution in [0, 0.1) is 10.1 Å². The minimum atomic E-state index is -4.47. The van der Waals surface area contributed by atoms with E-state index in [1.165, 1.54) is 12.1 Å². The van der Waals surface area contributed by atoms with Gasteiger partial charge in [-0.15, -0.1) is 11.8 Å². The molecule has 1 aliphatic rings. The highest BCUT2D eigenvalue weighted by atomic mass is 35.5. The first-order valence-corrected chi connectivity index (χ1v) is 22.0. The first kappa shape index (κ1) is 43.9. The number of thioether (sulfide) groups is 1. The first-order valence-electron chi connectivity index (χ1n) is 19.1. The summed E-state index contributed by atoms with van der Waals surface area (Å²) in [6.45, 7) is 4.09. The Morgan fingerprint density at radius 1 is 0.917 bits per heavy atom. The van der Waals surface area contributed by atoms with Crippen LogP contribution < -0.4 is 20.3 Å². The number of nitro benzene ring substituents is 1. The number of nitrogens with one attached hydrogen (secondary N) is 3. The number of rotatable bonds is 17. The second-order valence-corrected chi connectivity index (χ2v) is 17.8. The zero-order valence-electron chi connectivity index (χ0n) is 33.1. The van der Waals surface area contributed by atoms with E-state index in [4.69, 9.17) is 11.6 Å². The Kier molecular flexibility index (Phi) is 14.7. The van der Waals surface area contributed by atoms with Gasteiger partial charge in [0.05, 0.1) is 9.82 Å². The molecule has 0 aliphatic carbocycles. The molecule has 2 amide bonds. The van der Waals surface area contributed by atoms with E-state index in [1.54, 1.807) is 42.1 Å². The average Bonchev–Trinajstić information content (AvgIpc) is 3.22. The number of hydrogen-bond acceptors (Lipinski definition) is 11. The van der Waals surface area contributed by atoms with Crippen molar-refractivity contribution in [1.29, 1.82) is 0 Å². The van der Waals surface area contributed by atoms with Crippen LogP contribution in [-0.2, 0) is 16.6 Å². The second-order valence-electron chi connectivity index (χ2n) is 14.5. The number of hydrogen-bond donors (Lipinski definition) is 4. The zero-order valence-corrected chi connectivity index (χ0v) is 35.5. The molecule has 5 aromatic rings. The van der Waals surface area contributed by atoms with Crippen LogP contribution in [0.15, 0.2) is 125 Å². The van der Waals surface area contributed by atoms with Crippen molar-refractivity contribution in [2.75, 3.05) is 68.1 Å². The summed E-state index contributed by atoms with van der Waals surface area (Å²) in [7, 11) is -0.573. The number of carboxylic acid groups (broad SMARTS) is 1. The van der Waals surface area contributed by atoms with E-state index in [2.05, 4.69) is 25.2 Å². The van der Waals surface area contributed by atoms with Gasteiger partial charge in [-0.3, -0.25) is 25.1 Å². The topological polar surface area (TPSA) is 177 Å². The maximum atomic E-state index is 13.4. The van der Waals surface area contributed by atoms with Crippen LogP contribution in [0.25, 0.3) is 11.1 Å². The molecule has 1 unspecified atom stereocenters. The Hall–Kier alpha value is -5.65. The summed E-state index contributed by atoms with van der Waals surface area (Å²) in [5.41, 5.74) is 4.11. The molecule has 0 saturated carbocycles. The van der Waals surface area contributed by atoms with Crippen LogP contribution in [0.1, 0.15) is 22.3 Å². The van der Waals surface area contributed by atoms with Crippen LogP contribution in [-0.4, -0.2) is 98.9 Å². The first-order chi connectivity index (χ1) is 28.7. The molecule has 5 aromatic carbocycles. The number of carbonyl (C=O) groups is 2. The zero-order chi connectivity index (χ0) is 42.8. The molecule has 4 N–H and O–H groups in total. The van der Waals surface area contributed by atoms with Gasteiger partial charge in [0.1, 0.15) is 5.69 Å². The molecule has 0 bridgehead atoms. The van der Waals surface area contributed by atoms with Crippen LogP contribution >= 0.6 is 23.4 Å². The van der Waals surface area contributed by atoms with Crippen molar-refractivity contribution in [3.8, 4) is 11.1 Å². The van der Waals surface area contributed by atoms with Crippen LogP contribution in [0.3, 0.4) is 0 Å². The fourth-order valence-corrected chi connectivity index (χ4v) is 8.91. The normalized spacial score (nSPS) is 13.8. The SMILES string of the molecule is CN(C)CCC(CSc1ccccc1)Nc1ccc(S(=O)(=O)NC(=O)c2ccc(N3CCN(Cc4cc(NC(=O)O)ccc4-c4ccc(Cl)cc4)CC3)cc2)cc1[N+](=O)[O-]. The molecule has 6 rings (SSSR count). The quantitative estimate of drug-likeness (QED) is 0.0403. The van der Waals surface area contributed by atoms with Crippen LogP contribution in [0.5, 0.6) is 0 Å². The lowest BCUT2D eigenvalue weighted by atomic mass is 9.98. The number of sulfonamides is 1. The smallest absolute Gasteiger partial charge is 0.409 e. The van der Waals surface area contributed by atoms with E-state index in [1.807, 2.05) is 85.7 Å². The average molecular weight is 872 g/mol. The lowest BCUT2D eigenvalue weighted by Crippen LogP contribution is -2.46. The monoisotopic (exact) mass is 871 g/mol. The van der Waals surface area contributed by atoms with Gasteiger partial charge in [-0.2, -0.15) is 0 Å². The summed E-state index contributed by atoms with van der Waals surface area (Å²) in [6.07, 6.45) is -0.454. The van der Waals surface area contributed by atoms with E-state index in [0.29, 0.717) is 55.6 Å². The van der Waals surface area contributed by atoms with E-state index in [9.17, 15) is 33.2 Å². The molecule has 1 fully saturated rings. The van der Waals surface area contributed by atoms with Gasteiger partial charge in [-0.05, 0) is 117 Å². The number of nitro groups is 1. The number of nitrogens with zero attached hydrogens (tertiary/aromatic N) is 4. The summed E-state index contributed by atoms with van der Waals surface area (Å²) in [5, 5.41) is 27.8. The predicted octanol–water partition coefficient (Wildman–Crippen LogP) is 7.97. The van der Waals surface area contributed by atoms with E-state index >= 15 is 0 Å². The van der Waals surface area contributed by atoms with Gasteiger partial charge in [-0.25, -0.2) is 17.9 Å². The summed E-state index contributed by atoms with van der Waals surface area (Å²) < 4.78 is 28.8. The largest absolute Gasteiger partial charge is 0.465 e. The van der Waals surface area contributed by atoms with Crippen molar-refractivity contribution in [2.24, 2.45) is 0 Å². The highest BCUT2D eigenvalue weighted by molar-refractivity contribution is 7.99. The second kappa shape index (κ2) is 20.1. The molecular formula is C43H46ClN7O7S2. The van der Waals surface area contributed by atoms with Gasteiger partial charge in [0, 0.05) is 77.4 Å². The Morgan fingerprint density at radius 2 is 1.62 bits per heavy atom. The minimum Gasteiger partial charge on any atom is -0.465 e. The lowest BCUT2D eigenvalue weighted by molar-refractivity contribution is -0.384. The molecule has 60 heavy (non-hydrogen) atoms. The number of anilines is 3. The number of carbonyl (C=O) groups excluding carboxylic acids is 1. The number of halogens is 1. The molecule has 1 saturated heterocycles. The standard InChI is InChI=1S/C43H46ClN7O7S2/c1-48(2)21-20-35(29-59-37-6-4-3-5-7-37)45-40-19-17-38(27-41(40)51(55)56)60(57,58)47-42(52)31-10-15-36(16-11-31)50-24-22-49(23-25-50)28-32-26-34(46-43(53)54)14-18-39(32)30-8-12-33(44)13-9-30/h3-19,26-27,35,45-46H,20-25,28-29H2,1-2H3,(H,47,52)(H,53,54). The molecule has 1 aliphatic heterocycles. The summed E-state index contributed by atoms with van der Waals surface area (Å²) in [5.74, 6) is -0.244. The molecule has 0 radical (unpaired) electrons. The third kappa shape index (κ3) is 12.0. The van der Waals surface area contributed by atoms with Crippen molar-refractivity contribution < 1.29 is 28.0 Å². The number of amides is 2. The number of piperazine rings is 1. The van der Waals surface area contributed by atoms with Crippen molar-refractivity contribution in [1.82, 2.24) is 14.5 Å². The Bertz CT molecular complexity index is 2400. The summed E-state index contributed by atoms with van der Waals surface area (Å²) in [4.78, 5) is 43.2. The van der Waals surface area contributed by atoms with Gasteiger partial charge in [0.25, 0.3) is 21.6 Å². The summed E-state index contributed by atoms with van der Waals surface area (Å²) >= 11 is 7.74. The third-order valence-electron chi connectivity index (χ3n) is 9.95. The molecule has 314 valence electrons. The van der Waals surface area contributed by atoms with E-state index in [0.717, 1.165) is 39.9 Å². The Balaban J connectivity index is 1.07. The van der Waals surface area contributed by atoms with Crippen LogP contribution in [0.2, 0.25) is 5.02 Å². The van der Waals surface area contributed by atoms with E-state index < -0.39 is 37.5 Å². The highest BCUT2D eigenvalue weighted by Gasteiger charge is 2.26.